The van der Waals surface area contributed by atoms with Crippen molar-refractivity contribution in [3.05, 3.63) is 98.4 Å². The van der Waals surface area contributed by atoms with Gasteiger partial charge in [0.25, 0.3) is 11.5 Å². The molecule has 0 radical (unpaired) electrons. The van der Waals surface area contributed by atoms with E-state index < -0.39 is 0 Å². The molecule has 0 fully saturated rings. The smallest absolute Gasteiger partial charge is 0.255 e. The molecular weight excluding hydrogens is 348 g/mol. The first-order valence-electron chi connectivity index (χ1n) is 8.26. The first-order chi connectivity index (χ1) is 12.4. The number of aryl methyl sites for hydroxylation is 2. The fraction of sp³-hybridized carbons (Fsp3) is 0.143. The number of anilines is 1. The number of nitrogens with zero attached hydrogens (tertiary/aromatic N) is 1. The molecule has 1 aromatic heterocycles. The Morgan fingerprint density at radius 1 is 1.08 bits per heavy atom. The lowest BCUT2D eigenvalue weighted by atomic mass is 10.1. The Balaban J connectivity index is 1.84. The molecule has 1 heterocycles. The summed E-state index contributed by atoms with van der Waals surface area (Å²) in [6, 6.07) is 16.1. The lowest BCUT2D eigenvalue weighted by molar-refractivity contribution is 0.102. The van der Waals surface area contributed by atoms with E-state index in [2.05, 4.69) is 5.32 Å². The normalized spacial score (nSPS) is 10.6. The van der Waals surface area contributed by atoms with Crippen LogP contribution in [0.15, 0.2) is 65.6 Å². The second kappa shape index (κ2) is 7.58. The maximum atomic E-state index is 12.5. The second-order valence-corrected chi connectivity index (χ2v) is 6.66. The lowest BCUT2D eigenvalue weighted by Crippen LogP contribution is -2.21. The summed E-state index contributed by atoms with van der Waals surface area (Å²) >= 11 is 6.18. The third-order valence-corrected chi connectivity index (χ3v) is 4.54. The number of benzene rings is 2. The van der Waals surface area contributed by atoms with Crippen LogP contribution in [0.2, 0.25) is 5.02 Å². The average Bonchev–Trinajstić information content (AvgIpc) is 2.59. The van der Waals surface area contributed by atoms with E-state index >= 15 is 0 Å². The van der Waals surface area contributed by atoms with Crippen molar-refractivity contribution in [1.29, 1.82) is 0 Å². The molecular formula is C21H19ClN2O2. The van der Waals surface area contributed by atoms with Gasteiger partial charge in [0.05, 0.1) is 12.2 Å². The molecule has 1 N–H and O–H groups in total. The summed E-state index contributed by atoms with van der Waals surface area (Å²) in [7, 11) is 0. The SMILES string of the molecule is Cc1ccc(C(=O)Nc2ccc(=O)n(Cc3ccccc3Cl)c2)c(C)c1. The van der Waals surface area contributed by atoms with Gasteiger partial charge in [-0.25, -0.2) is 0 Å². The van der Waals surface area contributed by atoms with E-state index in [1.165, 1.54) is 10.6 Å². The molecule has 0 saturated heterocycles. The monoisotopic (exact) mass is 366 g/mol. The molecule has 3 rings (SSSR count). The highest BCUT2D eigenvalue weighted by molar-refractivity contribution is 6.31. The molecule has 0 unspecified atom stereocenters. The highest BCUT2D eigenvalue weighted by Gasteiger charge is 2.10. The maximum Gasteiger partial charge on any atom is 0.255 e. The highest BCUT2D eigenvalue weighted by Crippen LogP contribution is 2.17. The molecule has 0 aliphatic rings. The third kappa shape index (κ3) is 4.03. The van der Waals surface area contributed by atoms with Crippen molar-refractivity contribution in [3.8, 4) is 0 Å². The van der Waals surface area contributed by atoms with Crippen LogP contribution in [0.25, 0.3) is 0 Å². The van der Waals surface area contributed by atoms with E-state index in [4.69, 9.17) is 11.6 Å². The first-order valence-corrected chi connectivity index (χ1v) is 8.64. The van der Waals surface area contributed by atoms with Gasteiger partial charge >= 0.3 is 0 Å². The zero-order valence-corrected chi connectivity index (χ0v) is 15.4. The summed E-state index contributed by atoms with van der Waals surface area (Å²) < 4.78 is 1.53. The van der Waals surface area contributed by atoms with E-state index in [9.17, 15) is 9.59 Å². The maximum absolute atomic E-state index is 12.5. The van der Waals surface area contributed by atoms with E-state index in [0.717, 1.165) is 16.7 Å². The van der Waals surface area contributed by atoms with Gasteiger partial charge < -0.3 is 9.88 Å². The van der Waals surface area contributed by atoms with Gasteiger partial charge in [-0.05, 0) is 43.2 Å². The molecule has 4 nitrogen and oxygen atoms in total. The summed E-state index contributed by atoms with van der Waals surface area (Å²) in [6.07, 6.45) is 1.63. The number of amides is 1. The van der Waals surface area contributed by atoms with E-state index in [1.807, 2.05) is 44.2 Å². The van der Waals surface area contributed by atoms with Gasteiger partial charge in [0.15, 0.2) is 0 Å². The summed E-state index contributed by atoms with van der Waals surface area (Å²) in [5.74, 6) is -0.203. The van der Waals surface area contributed by atoms with E-state index in [0.29, 0.717) is 22.8 Å². The second-order valence-electron chi connectivity index (χ2n) is 6.25. The largest absolute Gasteiger partial charge is 0.321 e. The Morgan fingerprint density at radius 3 is 2.58 bits per heavy atom. The first kappa shape index (κ1) is 18.0. The Morgan fingerprint density at radius 2 is 1.85 bits per heavy atom. The number of carbonyl (C=O) groups excluding carboxylic acids is 1. The van der Waals surface area contributed by atoms with Crippen molar-refractivity contribution in [2.24, 2.45) is 0 Å². The van der Waals surface area contributed by atoms with Crippen LogP contribution in [0, 0.1) is 13.8 Å². The lowest BCUT2D eigenvalue weighted by Gasteiger charge is -2.12. The van der Waals surface area contributed by atoms with Gasteiger partial charge in [-0.2, -0.15) is 0 Å². The molecule has 5 heteroatoms. The highest BCUT2D eigenvalue weighted by atomic mass is 35.5. The van der Waals surface area contributed by atoms with E-state index in [-0.39, 0.29) is 11.5 Å². The molecule has 0 spiro atoms. The summed E-state index contributed by atoms with van der Waals surface area (Å²) in [5.41, 5.74) is 3.86. The Bertz CT molecular complexity index is 1020. The zero-order chi connectivity index (χ0) is 18.7. The predicted molar refractivity (Wildman–Crippen MR) is 105 cm³/mol. The van der Waals surface area contributed by atoms with Crippen LogP contribution in [0.4, 0.5) is 5.69 Å². The van der Waals surface area contributed by atoms with Crippen molar-refractivity contribution < 1.29 is 4.79 Å². The molecule has 2 aromatic carbocycles. The van der Waals surface area contributed by atoms with Crippen molar-refractivity contribution in [2.45, 2.75) is 20.4 Å². The van der Waals surface area contributed by atoms with Crippen LogP contribution in [0.5, 0.6) is 0 Å². The summed E-state index contributed by atoms with van der Waals surface area (Å²) in [4.78, 5) is 24.7. The van der Waals surface area contributed by atoms with Gasteiger partial charge in [0, 0.05) is 22.8 Å². The van der Waals surface area contributed by atoms with Crippen molar-refractivity contribution in [1.82, 2.24) is 4.57 Å². The van der Waals surface area contributed by atoms with Gasteiger partial charge in [-0.15, -0.1) is 0 Å². The van der Waals surface area contributed by atoms with Gasteiger partial charge in [-0.1, -0.05) is 47.5 Å². The summed E-state index contributed by atoms with van der Waals surface area (Å²) in [5, 5.41) is 3.46. The minimum atomic E-state index is -0.203. The van der Waals surface area contributed by atoms with Gasteiger partial charge in [0.2, 0.25) is 0 Å². The number of rotatable bonds is 4. The molecule has 0 aliphatic heterocycles. The van der Waals surface area contributed by atoms with E-state index in [1.54, 1.807) is 24.4 Å². The number of hydrogen-bond acceptors (Lipinski definition) is 2. The van der Waals surface area contributed by atoms with Gasteiger partial charge in [0.1, 0.15) is 0 Å². The number of pyridine rings is 1. The molecule has 1 amide bonds. The molecule has 0 bridgehead atoms. The number of aromatic nitrogens is 1. The topological polar surface area (TPSA) is 51.1 Å². The minimum absolute atomic E-state index is 0.158. The number of hydrogen-bond donors (Lipinski definition) is 1. The van der Waals surface area contributed by atoms with Crippen LogP contribution < -0.4 is 10.9 Å². The van der Waals surface area contributed by atoms with Crippen LogP contribution >= 0.6 is 11.6 Å². The Labute approximate surface area is 157 Å². The van der Waals surface area contributed by atoms with Crippen molar-refractivity contribution in [2.75, 3.05) is 5.32 Å². The molecule has 26 heavy (non-hydrogen) atoms. The number of halogens is 1. The van der Waals surface area contributed by atoms with Crippen LogP contribution in [-0.4, -0.2) is 10.5 Å². The third-order valence-electron chi connectivity index (χ3n) is 4.17. The average molecular weight is 367 g/mol. The zero-order valence-electron chi connectivity index (χ0n) is 14.6. The van der Waals surface area contributed by atoms with Crippen LogP contribution in [0.3, 0.4) is 0 Å². The molecule has 132 valence electrons. The fourth-order valence-electron chi connectivity index (χ4n) is 2.81. The van der Waals surface area contributed by atoms with Crippen molar-refractivity contribution in [3.63, 3.8) is 0 Å². The Kier molecular flexibility index (Phi) is 5.24. The standard InChI is InChI=1S/C21H19ClN2O2/c1-14-7-9-18(15(2)11-14)21(26)23-17-8-10-20(25)24(13-17)12-16-5-3-4-6-19(16)22/h3-11,13H,12H2,1-2H3,(H,23,26). The summed E-state index contributed by atoms with van der Waals surface area (Å²) in [6.45, 7) is 4.23. The van der Waals surface area contributed by atoms with Crippen molar-refractivity contribution >= 4 is 23.2 Å². The minimum Gasteiger partial charge on any atom is -0.321 e. The quantitative estimate of drug-likeness (QED) is 0.743. The fourth-order valence-corrected chi connectivity index (χ4v) is 3.00. The number of carbonyl (C=O) groups is 1. The predicted octanol–water partition coefficient (Wildman–Crippen LogP) is 4.42. The van der Waals surface area contributed by atoms with Crippen LogP contribution in [0.1, 0.15) is 27.0 Å². The van der Waals surface area contributed by atoms with Crippen LogP contribution in [-0.2, 0) is 6.54 Å². The molecule has 0 saturated carbocycles. The number of nitrogens with one attached hydrogen (secondary N) is 1. The molecule has 3 aromatic rings. The van der Waals surface area contributed by atoms with Gasteiger partial charge in [-0.3, -0.25) is 9.59 Å². The molecule has 0 atom stereocenters. The Hall–Kier alpha value is -2.85. The molecule has 0 aliphatic carbocycles.